The molecule has 1 heterocycles. The SMILES string of the molecule is CC(Cl)C(=O)N1CC(C)C(CO)C1. The average Bonchev–Trinajstić information content (AvgIpc) is 2.45. The van der Waals surface area contributed by atoms with E-state index in [1.807, 2.05) is 6.92 Å². The van der Waals surface area contributed by atoms with Crippen molar-refractivity contribution >= 4 is 17.5 Å². The number of hydrogen-bond acceptors (Lipinski definition) is 2. The van der Waals surface area contributed by atoms with E-state index in [9.17, 15) is 4.79 Å². The maximum Gasteiger partial charge on any atom is 0.240 e. The number of aliphatic hydroxyl groups is 1. The number of carbonyl (C=O) groups is 1. The van der Waals surface area contributed by atoms with Crippen molar-refractivity contribution in [1.29, 1.82) is 0 Å². The van der Waals surface area contributed by atoms with Gasteiger partial charge in [0, 0.05) is 25.6 Å². The Labute approximate surface area is 83.7 Å². The minimum atomic E-state index is -0.454. The molecule has 3 unspecified atom stereocenters. The molecule has 1 aliphatic heterocycles. The van der Waals surface area contributed by atoms with Crippen molar-refractivity contribution in [3.05, 3.63) is 0 Å². The predicted molar refractivity (Wildman–Crippen MR) is 51.6 cm³/mol. The first-order chi connectivity index (χ1) is 6.06. The number of amides is 1. The molecule has 0 saturated carbocycles. The largest absolute Gasteiger partial charge is 0.396 e. The van der Waals surface area contributed by atoms with Crippen LogP contribution < -0.4 is 0 Å². The molecule has 13 heavy (non-hydrogen) atoms. The molecule has 1 aliphatic rings. The van der Waals surface area contributed by atoms with Gasteiger partial charge in [0.1, 0.15) is 5.38 Å². The first-order valence-electron chi connectivity index (χ1n) is 4.60. The number of hydrogen-bond donors (Lipinski definition) is 1. The van der Waals surface area contributed by atoms with E-state index in [0.29, 0.717) is 12.5 Å². The summed E-state index contributed by atoms with van der Waals surface area (Å²) < 4.78 is 0. The van der Waals surface area contributed by atoms with E-state index in [1.165, 1.54) is 0 Å². The number of carbonyl (C=O) groups excluding carboxylic acids is 1. The van der Waals surface area contributed by atoms with Crippen molar-refractivity contribution in [2.75, 3.05) is 19.7 Å². The molecule has 0 aliphatic carbocycles. The lowest BCUT2D eigenvalue weighted by atomic mass is 10.00. The highest BCUT2D eigenvalue weighted by Crippen LogP contribution is 2.23. The molecular formula is C9H16ClNO2. The second-order valence-electron chi connectivity index (χ2n) is 3.78. The monoisotopic (exact) mass is 205 g/mol. The second kappa shape index (κ2) is 4.29. The fraction of sp³-hybridized carbons (Fsp3) is 0.889. The molecule has 1 fully saturated rings. The summed E-state index contributed by atoms with van der Waals surface area (Å²) in [5, 5.41) is 8.55. The number of likely N-dealkylation sites (tertiary alicyclic amines) is 1. The van der Waals surface area contributed by atoms with Crippen molar-refractivity contribution in [2.24, 2.45) is 11.8 Å². The third-order valence-electron chi connectivity index (χ3n) is 2.65. The molecule has 0 aromatic rings. The number of alkyl halides is 1. The molecule has 1 saturated heterocycles. The Balaban J connectivity index is 2.53. The fourth-order valence-electron chi connectivity index (χ4n) is 1.70. The zero-order valence-electron chi connectivity index (χ0n) is 8.03. The minimum Gasteiger partial charge on any atom is -0.396 e. The summed E-state index contributed by atoms with van der Waals surface area (Å²) >= 11 is 5.69. The van der Waals surface area contributed by atoms with Crippen molar-refractivity contribution in [2.45, 2.75) is 19.2 Å². The minimum absolute atomic E-state index is 0.0236. The molecule has 0 aromatic carbocycles. The summed E-state index contributed by atoms with van der Waals surface area (Å²) in [6, 6.07) is 0. The average molecular weight is 206 g/mol. The van der Waals surface area contributed by atoms with E-state index >= 15 is 0 Å². The lowest BCUT2D eigenvalue weighted by Gasteiger charge is -2.17. The van der Waals surface area contributed by atoms with Crippen molar-refractivity contribution in [3.8, 4) is 0 Å². The highest BCUT2D eigenvalue weighted by molar-refractivity contribution is 6.30. The molecule has 0 aromatic heterocycles. The van der Waals surface area contributed by atoms with Crippen LogP contribution in [0.5, 0.6) is 0 Å². The van der Waals surface area contributed by atoms with Gasteiger partial charge in [-0.2, -0.15) is 0 Å². The normalized spacial score (nSPS) is 30.6. The van der Waals surface area contributed by atoms with Gasteiger partial charge in [-0.15, -0.1) is 11.6 Å². The van der Waals surface area contributed by atoms with Crippen LogP contribution in [0.25, 0.3) is 0 Å². The number of halogens is 1. The predicted octanol–water partition coefficient (Wildman–Crippen LogP) is 0.701. The van der Waals surface area contributed by atoms with Crippen LogP contribution in [0.15, 0.2) is 0 Å². The van der Waals surface area contributed by atoms with Crippen molar-refractivity contribution in [1.82, 2.24) is 4.90 Å². The molecule has 3 atom stereocenters. The van der Waals surface area contributed by atoms with Crippen LogP contribution in [0.2, 0.25) is 0 Å². The van der Waals surface area contributed by atoms with Gasteiger partial charge in [-0.05, 0) is 12.8 Å². The zero-order valence-corrected chi connectivity index (χ0v) is 8.79. The van der Waals surface area contributed by atoms with Crippen LogP contribution in [0.3, 0.4) is 0 Å². The van der Waals surface area contributed by atoms with Gasteiger partial charge in [0.05, 0.1) is 0 Å². The first kappa shape index (κ1) is 10.8. The van der Waals surface area contributed by atoms with Crippen LogP contribution in [-0.4, -0.2) is 41.0 Å². The standard InChI is InChI=1S/C9H16ClNO2/c1-6-3-11(4-8(6)5-12)9(13)7(2)10/h6-8,12H,3-5H2,1-2H3. The molecule has 0 bridgehead atoms. The van der Waals surface area contributed by atoms with Gasteiger partial charge < -0.3 is 10.0 Å². The summed E-state index contributed by atoms with van der Waals surface area (Å²) in [6.07, 6.45) is 0. The molecule has 1 amide bonds. The summed E-state index contributed by atoms with van der Waals surface area (Å²) in [4.78, 5) is 13.2. The van der Waals surface area contributed by atoms with Gasteiger partial charge in [0.15, 0.2) is 0 Å². The highest BCUT2D eigenvalue weighted by atomic mass is 35.5. The quantitative estimate of drug-likeness (QED) is 0.675. The highest BCUT2D eigenvalue weighted by Gasteiger charge is 2.32. The van der Waals surface area contributed by atoms with E-state index < -0.39 is 5.38 Å². The molecule has 1 N–H and O–H groups in total. The zero-order chi connectivity index (χ0) is 10.0. The Morgan fingerprint density at radius 1 is 1.69 bits per heavy atom. The number of aliphatic hydroxyl groups excluding tert-OH is 1. The third-order valence-corrected chi connectivity index (χ3v) is 2.84. The molecular weight excluding hydrogens is 190 g/mol. The van der Waals surface area contributed by atoms with E-state index in [2.05, 4.69) is 0 Å². The molecule has 0 spiro atoms. The van der Waals surface area contributed by atoms with Gasteiger partial charge >= 0.3 is 0 Å². The number of nitrogens with zero attached hydrogens (tertiary/aromatic N) is 1. The van der Waals surface area contributed by atoms with Crippen LogP contribution in [0, 0.1) is 11.8 Å². The van der Waals surface area contributed by atoms with E-state index in [1.54, 1.807) is 11.8 Å². The molecule has 76 valence electrons. The Bertz CT molecular complexity index is 196. The Kier molecular flexibility index (Phi) is 3.56. The second-order valence-corrected chi connectivity index (χ2v) is 4.43. The topological polar surface area (TPSA) is 40.5 Å². The number of rotatable bonds is 2. The van der Waals surface area contributed by atoms with E-state index in [0.717, 1.165) is 6.54 Å². The third kappa shape index (κ3) is 2.35. The van der Waals surface area contributed by atoms with Crippen molar-refractivity contribution < 1.29 is 9.90 Å². The van der Waals surface area contributed by atoms with Gasteiger partial charge in [-0.3, -0.25) is 4.79 Å². The Morgan fingerprint density at radius 2 is 2.31 bits per heavy atom. The van der Waals surface area contributed by atoms with Crippen LogP contribution in [-0.2, 0) is 4.79 Å². The van der Waals surface area contributed by atoms with Gasteiger partial charge in [0.25, 0.3) is 0 Å². The lowest BCUT2D eigenvalue weighted by molar-refractivity contribution is -0.129. The lowest BCUT2D eigenvalue weighted by Crippen LogP contribution is -2.34. The molecule has 4 heteroatoms. The maximum absolute atomic E-state index is 11.5. The van der Waals surface area contributed by atoms with Gasteiger partial charge in [0.2, 0.25) is 5.91 Å². The molecule has 1 rings (SSSR count). The maximum atomic E-state index is 11.5. The van der Waals surface area contributed by atoms with E-state index in [4.69, 9.17) is 16.7 Å². The Morgan fingerprint density at radius 3 is 2.69 bits per heavy atom. The summed E-state index contributed by atoms with van der Waals surface area (Å²) in [5.74, 6) is 0.577. The summed E-state index contributed by atoms with van der Waals surface area (Å²) in [6.45, 7) is 5.25. The van der Waals surface area contributed by atoms with Crippen LogP contribution >= 0.6 is 11.6 Å². The Hall–Kier alpha value is -0.280. The summed E-state index contributed by atoms with van der Waals surface area (Å²) in [5.41, 5.74) is 0. The first-order valence-corrected chi connectivity index (χ1v) is 5.03. The van der Waals surface area contributed by atoms with Crippen molar-refractivity contribution in [3.63, 3.8) is 0 Å². The van der Waals surface area contributed by atoms with Gasteiger partial charge in [-0.1, -0.05) is 6.92 Å². The summed E-state index contributed by atoms with van der Waals surface area (Å²) in [7, 11) is 0. The fourth-order valence-corrected chi connectivity index (χ4v) is 1.84. The van der Waals surface area contributed by atoms with Crippen LogP contribution in [0.1, 0.15) is 13.8 Å². The van der Waals surface area contributed by atoms with Crippen LogP contribution in [0.4, 0.5) is 0 Å². The molecule has 0 radical (unpaired) electrons. The smallest absolute Gasteiger partial charge is 0.240 e. The molecule has 3 nitrogen and oxygen atoms in total. The van der Waals surface area contributed by atoms with Gasteiger partial charge in [-0.25, -0.2) is 0 Å². The van der Waals surface area contributed by atoms with E-state index in [-0.39, 0.29) is 18.4 Å².